The van der Waals surface area contributed by atoms with Crippen LogP contribution in [0.2, 0.25) is 0 Å². The van der Waals surface area contributed by atoms with Gasteiger partial charge in [0.25, 0.3) is 0 Å². The van der Waals surface area contributed by atoms with E-state index in [9.17, 15) is 0 Å². The lowest BCUT2D eigenvalue weighted by molar-refractivity contribution is 0.312. The fraction of sp³-hybridized carbons (Fsp3) is 0.333. The lowest BCUT2D eigenvalue weighted by Crippen LogP contribution is -2.33. The lowest BCUT2D eigenvalue weighted by Gasteiger charge is -2.41. The SMILES string of the molecule is C1=C[C@H]2[C@@H]1[C@@H]1C=C[C@H]2/C=C\C=C/1. The molecule has 0 heterocycles. The van der Waals surface area contributed by atoms with Gasteiger partial charge in [0.2, 0.25) is 0 Å². The first-order valence-corrected chi connectivity index (χ1v) is 4.67. The molecule has 12 heavy (non-hydrogen) atoms. The van der Waals surface area contributed by atoms with Crippen LogP contribution in [0.1, 0.15) is 0 Å². The summed E-state index contributed by atoms with van der Waals surface area (Å²) in [5.74, 6) is 2.92. The third-order valence-electron chi connectivity index (χ3n) is 3.22. The van der Waals surface area contributed by atoms with Gasteiger partial charge in [0.1, 0.15) is 0 Å². The molecule has 60 valence electrons. The van der Waals surface area contributed by atoms with Gasteiger partial charge in [0, 0.05) is 11.8 Å². The van der Waals surface area contributed by atoms with E-state index in [1.54, 1.807) is 0 Å². The number of allylic oxidation sites excluding steroid dienone is 8. The number of rotatable bonds is 0. The Morgan fingerprint density at radius 1 is 0.500 bits per heavy atom. The molecule has 0 saturated heterocycles. The van der Waals surface area contributed by atoms with Crippen LogP contribution in [0.3, 0.4) is 0 Å². The smallest absolute Gasteiger partial charge is 0.00187 e. The Balaban J connectivity index is 2.09. The number of hydrogen-bond donors (Lipinski definition) is 0. The van der Waals surface area contributed by atoms with Gasteiger partial charge in [-0.2, -0.15) is 0 Å². The first kappa shape index (κ1) is 6.47. The topological polar surface area (TPSA) is 0 Å². The second-order valence-corrected chi connectivity index (χ2v) is 3.85. The van der Waals surface area contributed by atoms with E-state index in [1.807, 2.05) is 0 Å². The number of hydrogen-bond acceptors (Lipinski definition) is 0. The van der Waals surface area contributed by atoms with Gasteiger partial charge in [-0.3, -0.25) is 0 Å². The van der Waals surface area contributed by atoms with Gasteiger partial charge < -0.3 is 0 Å². The van der Waals surface area contributed by atoms with E-state index in [0.717, 1.165) is 11.8 Å². The minimum absolute atomic E-state index is 0.668. The quantitative estimate of drug-likeness (QED) is 0.473. The van der Waals surface area contributed by atoms with Gasteiger partial charge >= 0.3 is 0 Å². The molecule has 0 unspecified atom stereocenters. The van der Waals surface area contributed by atoms with E-state index in [2.05, 4.69) is 48.6 Å². The van der Waals surface area contributed by atoms with Crippen molar-refractivity contribution in [3.8, 4) is 0 Å². The van der Waals surface area contributed by atoms with E-state index < -0.39 is 0 Å². The van der Waals surface area contributed by atoms with Crippen molar-refractivity contribution < 1.29 is 0 Å². The third-order valence-corrected chi connectivity index (χ3v) is 3.22. The van der Waals surface area contributed by atoms with Crippen molar-refractivity contribution in [1.82, 2.24) is 0 Å². The zero-order valence-corrected chi connectivity index (χ0v) is 6.93. The van der Waals surface area contributed by atoms with Gasteiger partial charge in [-0.05, 0) is 11.8 Å². The van der Waals surface area contributed by atoms with Crippen LogP contribution >= 0.6 is 0 Å². The molecule has 0 aliphatic heterocycles. The molecule has 0 saturated carbocycles. The Kier molecular flexibility index (Phi) is 1.20. The highest BCUT2D eigenvalue weighted by atomic mass is 14.4. The Morgan fingerprint density at radius 3 is 1.42 bits per heavy atom. The van der Waals surface area contributed by atoms with E-state index in [0.29, 0.717) is 11.8 Å². The summed E-state index contributed by atoms with van der Waals surface area (Å²) in [6.07, 6.45) is 18.4. The molecule has 4 atom stereocenters. The van der Waals surface area contributed by atoms with E-state index in [1.165, 1.54) is 0 Å². The van der Waals surface area contributed by atoms with E-state index in [-0.39, 0.29) is 0 Å². The molecule has 0 radical (unpaired) electrons. The zero-order chi connectivity index (χ0) is 7.97. The van der Waals surface area contributed by atoms with Crippen molar-refractivity contribution in [2.24, 2.45) is 23.7 Å². The molecule has 0 spiro atoms. The summed E-state index contributed by atoms with van der Waals surface area (Å²) in [6.45, 7) is 0. The average Bonchev–Trinajstić information content (AvgIpc) is 1.96. The summed E-state index contributed by atoms with van der Waals surface area (Å²) in [6, 6.07) is 0. The van der Waals surface area contributed by atoms with Crippen LogP contribution in [0.4, 0.5) is 0 Å². The minimum atomic E-state index is 0.668. The fourth-order valence-electron chi connectivity index (χ4n) is 2.42. The maximum atomic E-state index is 2.36. The zero-order valence-electron chi connectivity index (χ0n) is 6.93. The molecule has 0 amide bonds. The van der Waals surface area contributed by atoms with Crippen molar-refractivity contribution in [3.63, 3.8) is 0 Å². The van der Waals surface area contributed by atoms with Crippen LogP contribution in [-0.4, -0.2) is 0 Å². The predicted molar refractivity (Wildman–Crippen MR) is 50.5 cm³/mol. The molecule has 0 heteroatoms. The second-order valence-electron chi connectivity index (χ2n) is 3.85. The van der Waals surface area contributed by atoms with Crippen molar-refractivity contribution in [3.05, 3.63) is 48.6 Å². The van der Waals surface area contributed by atoms with Gasteiger partial charge in [0.15, 0.2) is 0 Å². The van der Waals surface area contributed by atoms with Crippen LogP contribution in [0.5, 0.6) is 0 Å². The van der Waals surface area contributed by atoms with Crippen molar-refractivity contribution in [2.45, 2.75) is 0 Å². The highest BCUT2D eigenvalue weighted by Crippen LogP contribution is 2.44. The maximum absolute atomic E-state index is 2.36. The summed E-state index contributed by atoms with van der Waals surface area (Å²) < 4.78 is 0. The molecule has 0 aromatic carbocycles. The minimum Gasteiger partial charge on any atom is -0.0836 e. The Labute approximate surface area is 73.0 Å². The van der Waals surface area contributed by atoms with Gasteiger partial charge in [0.05, 0.1) is 0 Å². The molecule has 0 aromatic rings. The Morgan fingerprint density at radius 2 is 1.00 bits per heavy atom. The molecule has 2 bridgehead atoms. The molecule has 0 fully saturated rings. The molecular formula is C12H12. The van der Waals surface area contributed by atoms with Crippen LogP contribution < -0.4 is 0 Å². The summed E-state index contributed by atoms with van der Waals surface area (Å²) in [5.41, 5.74) is 0. The highest BCUT2D eigenvalue weighted by molar-refractivity contribution is 5.31. The molecule has 0 aromatic heterocycles. The van der Waals surface area contributed by atoms with Gasteiger partial charge in [-0.15, -0.1) is 0 Å². The molecule has 0 N–H and O–H groups in total. The predicted octanol–water partition coefficient (Wildman–Crippen LogP) is 2.72. The monoisotopic (exact) mass is 156 g/mol. The lowest BCUT2D eigenvalue weighted by atomic mass is 9.63. The van der Waals surface area contributed by atoms with Crippen molar-refractivity contribution in [2.75, 3.05) is 0 Å². The first-order valence-electron chi connectivity index (χ1n) is 4.67. The van der Waals surface area contributed by atoms with Crippen LogP contribution in [-0.2, 0) is 0 Å². The summed E-state index contributed by atoms with van der Waals surface area (Å²) in [4.78, 5) is 0. The van der Waals surface area contributed by atoms with Crippen LogP contribution in [0.25, 0.3) is 0 Å². The Bertz CT molecular complexity index is 274. The molecule has 3 aliphatic carbocycles. The summed E-state index contributed by atoms with van der Waals surface area (Å²) >= 11 is 0. The van der Waals surface area contributed by atoms with Crippen LogP contribution in [0, 0.1) is 23.7 Å². The summed E-state index contributed by atoms with van der Waals surface area (Å²) in [5, 5.41) is 0. The standard InChI is InChI=1S/C12H12/c1-2-4-10-6-5-9(3-1)11-7-8-12(10)11/h1-12H/b3-1-,4-2-/t9-,10+,11-,12+. The van der Waals surface area contributed by atoms with Crippen molar-refractivity contribution >= 4 is 0 Å². The maximum Gasteiger partial charge on any atom is 0.00187 e. The van der Waals surface area contributed by atoms with Crippen LogP contribution in [0.15, 0.2) is 48.6 Å². The highest BCUT2D eigenvalue weighted by Gasteiger charge is 2.36. The fourth-order valence-corrected chi connectivity index (χ4v) is 2.42. The normalized spacial score (nSPS) is 52.0. The largest absolute Gasteiger partial charge is 0.0836 e. The molecular weight excluding hydrogens is 144 g/mol. The number of fused-ring (bicyclic) bond motifs is 5. The molecule has 3 aliphatic rings. The third kappa shape index (κ3) is 0.726. The van der Waals surface area contributed by atoms with Gasteiger partial charge in [-0.25, -0.2) is 0 Å². The second kappa shape index (κ2) is 2.22. The molecule has 0 nitrogen and oxygen atoms in total. The summed E-state index contributed by atoms with van der Waals surface area (Å²) in [7, 11) is 0. The van der Waals surface area contributed by atoms with Crippen molar-refractivity contribution in [1.29, 1.82) is 0 Å². The average molecular weight is 156 g/mol. The van der Waals surface area contributed by atoms with E-state index >= 15 is 0 Å². The Hall–Kier alpha value is -1.04. The molecule has 3 rings (SSSR count). The van der Waals surface area contributed by atoms with Gasteiger partial charge in [-0.1, -0.05) is 48.6 Å². The first-order chi connectivity index (χ1) is 5.95. The van der Waals surface area contributed by atoms with E-state index in [4.69, 9.17) is 0 Å².